The summed E-state index contributed by atoms with van der Waals surface area (Å²) in [5, 5.41) is 71.9. The highest BCUT2D eigenvalue weighted by Gasteiger charge is 2.47. The van der Waals surface area contributed by atoms with E-state index in [9.17, 15) is 45.3 Å². The van der Waals surface area contributed by atoms with Gasteiger partial charge in [0.15, 0.2) is 18.7 Å². The molecule has 2 fully saturated rings. The summed E-state index contributed by atoms with van der Waals surface area (Å²) in [6.07, 6.45) is 26.4. The Kier molecular flexibility index (Phi) is 32.7. The highest BCUT2D eigenvalue weighted by Crippen LogP contribution is 2.26. The molecule has 11 unspecified atom stereocenters. The van der Waals surface area contributed by atoms with Crippen molar-refractivity contribution in [1.82, 2.24) is 0 Å². The molecule has 65 heavy (non-hydrogen) atoms. The third kappa shape index (κ3) is 25.4. The quantitative estimate of drug-likeness (QED) is 0.0235. The van der Waals surface area contributed by atoms with Crippen LogP contribution in [0, 0.1) is 0 Å². The molecular formula is C50H80O15. The van der Waals surface area contributed by atoms with Crippen molar-refractivity contribution in [3.05, 3.63) is 85.1 Å². The Balaban J connectivity index is 1.87. The average Bonchev–Trinajstić information content (AvgIpc) is 3.30. The fraction of sp³-hybridized carbons (Fsp3) is 0.680. The lowest BCUT2D eigenvalue weighted by molar-refractivity contribution is -0.332. The minimum atomic E-state index is -1.78. The van der Waals surface area contributed by atoms with Gasteiger partial charge in [0.05, 0.1) is 19.8 Å². The molecule has 0 spiro atoms. The maximum atomic E-state index is 12.9. The van der Waals surface area contributed by atoms with E-state index in [1.165, 1.54) is 0 Å². The number of ether oxygens (including phenoxy) is 6. The van der Waals surface area contributed by atoms with E-state index in [1.807, 2.05) is 18.2 Å². The number of unbranched alkanes of at least 4 members (excludes halogenated alkanes) is 6. The summed E-state index contributed by atoms with van der Waals surface area (Å²) < 4.78 is 33.3. The summed E-state index contributed by atoms with van der Waals surface area (Å²) in [7, 11) is 0. The van der Waals surface area contributed by atoms with E-state index in [0.717, 1.165) is 77.0 Å². The van der Waals surface area contributed by atoms with Gasteiger partial charge in [-0.25, -0.2) is 0 Å². The van der Waals surface area contributed by atoms with Crippen LogP contribution in [0.1, 0.15) is 123 Å². The number of hydrogen-bond donors (Lipinski definition) is 7. The normalized spacial score (nSPS) is 27.2. The summed E-state index contributed by atoms with van der Waals surface area (Å²) in [4.78, 5) is 25.6. The fourth-order valence-electron chi connectivity index (χ4n) is 6.71. The molecule has 370 valence electrons. The molecule has 15 nitrogen and oxygen atoms in total. The number of aliphatic hydroxyl groups excluding tert-OH is 7. The Morgan fingerprint density at radius 2 is 1.00 bits per heavy atom. The van der Waals surface area contributed by atoms with E-state index in [-0.39, 0.29) is 19.4 Å². The van der Waals surface area contributed by atoms with E-state index in [1.54, 1.807) is 0 Å². The lowest BCUT2D eigenvalue weighted by Gasteiger charge is -2.42. The van der Waals surface area contributed by atoms with Crippen LogP contribution in [0.15, 0.2) is 85.1 Å². The Bertz CT molecular complexity index is 1460. The van der Waals surface area contributed by atoms with Gasteiger partial charge in [0.1, 0.15) is 55.4 Å². The third-order valence-corrected chi connectivity index (χ3v) is 10.6. The van der Waals surface area contributed by atoms with Gasteiger partial charge in [-0.05, 0) is 70.6 Å². The van der Waals surface area contributed by atoms with Crippen LogP contribution >= 0.6 is 0 Å². The zero-order chi connectivity index (χ0) is 47.5. The number of esters is 2. The number of aliphatic hydroxyl groups is 7. The minimum Gasteiger partial charge on any atom is -0.462 e. The average molecular weight is 921 g/mol. The molecule has 7 N–H and O–H groups in total. The highest BCUT2D eigenvalue weighted by atomic mass is 16.7. The topological polar surface area (TPSA) is 231 Å². The second-order valence-corrected chi connectivity index (χ2v) is 16.2. The predicted octanol–water partition coefficient (Wildman–Crippen LogP) is 5.65. The first kappa shape index (κ1) is 57.8. The first-order chi connectivity index (χ1) is 31.5. The Morgan fingerprint density at radius 1 is 0.508 bits per heavy atom. The molecule has 2 heterocycles. The van der Waals surface area contributed by atoms with Gasteiger partial charge in [0.25, 0.3) is 0 Å². The second kappa shape index (κ2) is 36.8. The van der Waals surface area contributed by atoms with Crippen molar-refractivity contribution in [2.24, 2.45) is 0 Å². The lowest BCUT2D eigenvalue weighted by Crippen LogP contribution is -2.61. The van der Waals surface area contributed by atoms with Crippen molar-refractivity contribution < 1.29 is 73.8 Å². The standard InChI is InChI=1S/C50H80O15/c1-3-5-7-9-11-13-15-16-17-18-19-20-21-22-23-25-27-29-31-33-42(53)63-38(35-60-41(52)32-30-28-26-24-14-12-10-8-6-4-2)36-61-49-48(59)46(57)44(55)40(65-49)37-62-50-47(58)45(56)43(54)39(34-51)64-50/h5,7-8,10-11,13,16-17,19-20,22-23,27,29,38-40,43-51,54-59H,3-4,6,9,12,14-15,18,21,24-26,28,30-37H2,1-2H3/b7-5-,10-8-,13-11-,17-16-,20-19-,23-22-,29-27-. The molecule has 2 aliphatic rings. The summed E-state index contributed by atoms with van der Waals surface area (Å²) in [6, 6.07) is 0. The molecule has 2 saturated heterocycles. The molecule has 15 heteroatoms. The van der Waals surface area contributed by atoms with E-state index in [0.29, 0.717) is 19.3 Å². The molecule has 0 amide bonds. The molecule has 11 atom stereocenters. The van der Waals surface area contributed by atoms with Crippen LogP contribution in [-0.2, 0) is 38.0 Å². The number of rotatable bonds is 34. The van der Waals surface area contributed by atoms with Crippen LogP contribution in [0.2, 0.25) is 0 Å². The number of allylic oxidation sites excluding steroid dienone is 14. The van der Waals surface area contributed by atoms with Crippen LogP contribution in [-0.4, -0.2) is 142 Å². The van der Waals surface area contributed by atoms with Gasteiger partial charge in [0.2, 0.25) is 0 Å². The van der Waals surface area contributed by atoms with Crippen LogP contribution < -0.4 is 0 Å². The molecule has 2 aliphatic heterocycles. The molecule has 0 aliphatic carbocycles. The fourth-order valence-corrected chi connectivity index (χ4v) is 6.71. The molecule has 0 radical (unpaired) electrons. The molecule has 0 saturated carbocycles. The second-order valence-electron chi connectivity index (χ2n) is 16.2. The van der Waals surface area contributed by atoms with Crippen LogP contribution in [0.3, 0.4) is 0 Å². The van der Waals surface area contributed by atoms with Crippen LogP contribution in [0.5, 0.6) is 0 Å². The van der Waals surface area contributed by atoms with Gasteiger partial charge in [-0.2, -0.15) is 0 Å². The summed E-state index contributed by atoms with van der Waals surface area (Å²) in [6.45, 7) is 2.28. The maximum Gasteiger partial charge on any atom is 0.306 e. The monoisotopic (exact) mass is 921 g/mol. The van der Waals surface area contributed by atoms with Gasteiger partial charge < -0.3 is 64.2 Å². The predicted molar refractivity (Wildman–Crippen MR) is 247 cm³/mol. The Labute approximate surface area is 386 Å². The number of hydrogen-bond acceptors (Lipinski definition) is 15. The van der Waals surface area contributed by atoms with Gasteiger partial charge >= 0.3 is 11.9 Å². The van der Waals surface area contributed by atoms with Crippen molar-refractivity contribution in [1.29, 1.82) is 0 Å². The minimum absolute atomic E-state index is 0.0336. The molecule has 0 aromatic carbocycles. The molecule has 0 aromatic heterocycles. The number of carbonyl (C=O) groups is 2. The third-order valence-electron chi connectivity index (χ3n) is 10.6. The van der Waals surface area contributed by atoms with Crippen molar-refractivity contribution >= 4 is 11.9 Å². The molecule has 2 rings (SSSR count). The van der Waals surface area contributed by atoms with Crippen molar-refractivity contribution in [2.75, 3.05) is 26.4 Å². The zero-order valence-electron chi connectivity index (χ0n) is 38.7. The summed E-state index contributed by atoms with van der Waals surface area (Å²) >= 11 is 0. The highest BCUT2D eigenvalue weighted by molar-refractivity contribution is 5.70. The van der Waals surface area contributed by atoms with Crippen LogP contribution in [0.4, 0.5) is 0 Å². The van der Waals surface area contributed by atoms with Gasteiger partial charge in [0, 0.05) is 12.8 Å². The zero-order valence-corrected chi connectivity index (χ0v) is 38.7. The van der Waals surface area contributed by atoms with Crippen LogP contribution in [0.25, 0.3) is 0 Å². The summed E-state index contributed by atoms with van der Waals surface area (Å²) in [5.74, 6) is -1.05. The first-order valence-corrected chi connectivity index (χ1v) is 23.7. The molecule has 0 bridgehead atoms. The maximum absolute atomic E-state index is 12.9. The Hall–Kier alpha value is -3.32. The lowest BCUT2D eigenvalue weighted by atomic mass is 9.98. The largest absolute Gasteiger partial charge is 0.462 e. The first-order valence-electron chi connectivity index (χ1n) is 23.7. The van der Waals surface area contributed by atoms with Crippen molar-refractivity contribution in [2.45, 2.75) is 191 Å². The van der Waals surface area contributed by atoms with Crippen molar-refractivity contribution in [3.8, 4) is 0 Å². The van der Waals surface area contributed by atoms with Crippen molar-refractivity contribution in [3.63, 3.8) is 0 Å². The smallest absolute Gasteiger partial charge is 0.306 e. The Morgan fingerprint density at radius 3 is 1.58 bits per heavy atom. The molecular weight excluding hydrogens is 841 g/mol. The molecule has 0 aromatic rings. The van der Waals surface area contributed by atoms with Gasteiger partial charge in [-0.3, -0.25) is 9.59 Å². The summed E-state index contributed by atoms with van der Waals surface area (Å²) in [5.41, 5.74) is 0. The van der Waals surface area contributed by atoms with E-state index in [2.05, 4.69) is 80.7 Å². The van der Waals surface area contributed by atoms with E-state index in [4.69, 9.17) is 28.4 Å². The van der Waals surface area contributed by atoms with E-state index < -0.39 is 99.3 Å². The van der Waals surface area contributed by atoms with Gasteiger partial charge in [-0.15, -0.1) is 0 Å². The SMILES string of the molecule is CC/C=C\C/C=C\C/C=C\C/C=C\C/C=C\C/C=C\CCC(=O)OC(COC(=O)CCCCCCC/C=C\CCC)COC1OC(COC2OC(CO)C(O)C(O)C2O)C(O)C(O)C1O. The number of carbonyl (C=O) groups excluding carboxylic acids is 2. The van der Waals surface area contributed by atoms with Gasteiger partial charge in [-0.1, -0.05) is 125 Å². The van der Waals surface area contributed by atoms with E-state index >= 15 is 0 Å².